The molecule has 0 aromatic carbocycles. The zero-order valence-corrected chi connectivity index (χ0v) is 11.1. The fourth-order valence-corrected chi connectivity index (χ4v) is 1.46. The lowest BCUT2D eigenvalue weighted by Gasteiger charge is -2.33. The summed E-state index contributed by atoms with van der Waals surface area (Å²) in [5, 5.41) is 0. The van der Waals surface area contributed by atoms with Crippen LogP contribution in [0.3, 0.4) is 0 Å². The predicted molar refractivity (Wildman–Crippen MR) is 57.6 cm³/mol. The molecule has 0 radical (unpaired) electrons. The molecular formula is C11H26ClNO. The Labute approximate surface area is 95.6 Å². The number of quaternary nitrogens is 1. The van der Waals surface area contributed by atoms with Crippen LogP contribution >= 0.6 is 0 Å². The maximum atomic E-state index is 5.83. The second-order valence-corrected chi connectivity index (χ2v) is 4.56. The highest BCUT2D eigenvalue weighted by Gasteiger charge is 2.21. The summed E-state index contributed by atoms with van der Waals surface area (Å²) in [4.78, 5) is 0. The SMILES string of the molecule is CCCCCOC(CC)[N+](C)(C)C.[Cl-]. The summed E-state index contributed by atoms with van der Waals surface area (Å²) in [6.07, 6.45) is 5.21. The molecule has 88 valence electrons. The average Bonchev–Trinajstić information content (AvgIpc) is 2.02. The van der Waals surface area contributed by atoms with Gasteiger partial charge in [0.2, 0.25) is 0 Å². The van der Waals surface area contributed by atoms with Crippen LogP contribution < -0.4 is 12.4 Å². The Bertz CT molecular complexity index is 123. The van der Waals surface area contributed by atoms with Crippen molar-refractivity contribution < 1.29 is 21.6 Å². The molecule has 0 aromatic rings. The van der Waals surface area contributed by atoms with Crippen molar-refractivity contribution in [3.05, 3.63) is 0 Å². The van der Waals surface area contributed by atoms with E-state index in [4.69, 9.17) is 4.74 Å². The normalized spacial score (nSPS) is 13.5. The first kappa shape index (κ1) is 16.6. The molecule has 0 aromatic heterocycles. The van der Waals surface area contributed by atoms with Crippen molar-refractivity contribution in [1.29, 1.82) is 0 Å². The molecule has 0 N–H and O–H groups in total. The molecule has 3 heteroatoms. The molecule has 14 heavy (non-hydrogen) atoms. The summed E-state index contributed by atoms with van der Waals surface area (Å²) in [6, 6.07) is 0. The van der Waals surface area contributed by atoms with Crippen LogP contribution in [0.25, 0.3) is 0 Å². The van der Waals surface area contributed by atoms with Gasteiger partial charge >= 0.3 is 0 Å². The lowest BCUT2D eigenvalue weighted by atomic mass is 10.3. The maximum Gasteiger partial charge on any atom is 0.192 e. The van der Waals surface area contributed by atoms with Gasteiger partial charge in [0.1, 0.15) is 0 Å². The van der Waals surface area contributed by atoms with E-state index >= 15 is 0 Å². The average molecular weight is 224 g/mol. The minimum Gasteiger partial charge on any atom is -1.00 e. The van der Waals surface area contributed by atoms with Crippen molar-refractivity contribution >= 4 is 0 Å². The Morgan fingerprint density at radius 3 is 2.00 bits per heavy atom. The predicted octanol–water partition coefficient (Wildman–Crippen LogP) is -0.360. The molecule has 0 heterocycles. The number of unbranched alkanes of at least 4 members (excludes halogenated alkanes) is 2. The molecule has 1 unspecified atom stereocenters. The van der Waals surface area contributed by atoms with Gasteiger partial charge in [-0.15, -0.1) is 0 Å². The van der Waals surface area contributed by atoms with Crippen LogP contribution in [0.1, 0.15) is 39.5 Å². The van der Waals surface area contributed by atoms with E-state index in [1.165, 1.54) is 19.3 Å². The van der Waals surface area contributed by atoms with E-state index in [2.05, 4.69) is 35.0 Å². The Morgan fingerprint density at radius 1 is 1.07 bits per heavy atom. The van der Waals surface area contributed by atoms with E-state index in [1.54, 1.807) is 0 Å². The Balaban J connectivity index is 0. The van der Waals surface area contributed by atoms with Gasteiger partial charge < -0.3 is 21.6 Å². The summed E-state index contributed by atoms with van der Waals surface area (Å²) >= 11 is 0. The number of rotatable bonds is 7. The molecule has 0 saturated heterocycles. The van der Waals surface area contributed by atoms with Crippen LogP contribution in [-0.2, 0) is 4.74 Å². The minimum atomic E-state index is 0. The van der Waals surface area contributed by atoms with Crippen molar-refractivity contribution in [3.8, 4) is 0 Å². The number of hydrogen-bond acceptors (Lipinski definition) is 1. The third-order valence-corrected chi connectivity index (χ3v) is 2.27. The summed E-state index contributed by atoms with van der Waals surface area (Å²) < 4.78 is 6.74. The van der Waals surface area contributed by atoms with Crippen LogP contribution in [0.4, 0.5) is 0 Å². The van der Waals surface area contributed by atoms with Crippen LogP contribution in [0, 0.1) is 0 Å². The molecular weight excluding hydrogens is 198 g/mol. The van der Waals surface area contributed by atoms with Gasteiger partial charge in [0, 0.05) is 6.42 Å². The van der Waals surface area contributed by atoms with Crippen LogP contribution in [0.2, 0.25) is 0 Å². The second-order valence-electron chi connectivity index (χ2n) is 4.56. The summed E-state index contributed by atoms with van der Waals surface area (Å²) in [6.45, 7) is 5.33. The molecule has 0 spiro atoms. The van der Waals surface area contributed by atoms with Gasteiger partial charge in [0.25, 0.3) is 0 Å². The van der Waals surface area contributed by atoms with E-state index in [0.717, 1.165) is 17.5 Å². The number of hydrogen-bond donors (Lipinski definition) is 0. The van der Waals surface area contributed by atoms with E-state index in [9.17, 15) is 0 Å². The lowest BCUT2D eigenvalue weighted by molar-refractivity contribution is -0.920. The Morgan fingerprint density at radius 2 is 1.64 bits per heavy atom. The topological polar surface area (TPSA) is 9.23 Å². The molecule has 2 nitrogen and oxygen atoms in total. The molecule has 0 rings (SSSR count). The first-order valence-electron chi connectivity index (χ1n) is 5.45. The van der Waals surface area contributed by atoms with E-state index < -0.39 is 0 Å². The Hall–Kier alpha value is 0.210. The molecule has 0 saturated carbocycles. The van der Waals surface area contributed by atoms with Crippen molar-refractivity contribution in [1.82, 2.24) is 0 Å². The molecule has 0 aliphatic rings. The molecule has 1 atom stereocenters. The quantitative estimate of drug-likeness (QED) is 0.326. The van der Waals surface area contributed by atoms with Gasteiger partial charge in [-0.1, -0.05) is 26.7 Å². The molecule has 0 aliphatic carbocycles. The maximum absolute atomic E-state index is 5.83. The third-order valence-electron chi connectivity index (χ3n) is 2.27. The fourth-order valence-electron chi connectivity index (χ4n) is 1.46. The molecule has 0 fully saturated rings. The molecule has 0 bridgehead atoms. The fraction of sp³-hybridized carbons (Fsp3) is 1.00. The highest BCUT2D eigenvalue weighted by Crippen LogP contribution is 2.09. The third kappa shape index (κ3) is 7.60. The number of ether oxygens (including phenoxy) is 1. The summed E-state index contributed by atoms with van der Waals surface area (Å²) in [7, 11) is 6.57. The zero-order valence-electron chi connectivity index (χ0n) is 10.3. The Kier molecular flexibility index (Phi) is 10.1. The summed E-state index contributed by atoms with van der Waals surface area (Å²) in [5.41, 5.74) is 0. The first-order chi connectivity index (χ1) is 6.02. The van der Waals surface area contributed by atoms with Gasteiger partial charge in [-0.3, -0.25) is 0 Å². The minimum absolute atomic E-state index is 0. The second kappa shape index (κ2) is 8.51. The number of halogens is 1. The van der Waals surface area contributed by atoms with Crippen molar-refractivity contribution in [2.24, 2.45) is 0 Å². The van der Waals surface area contributed by atoms with Gasteiger partial charge in [-0.2, -0.15) is 0 Å². The smallest absolute Gasteiger partial charge is 0.192 e. The largest absolute Gasteiger partial charge is 1.00 e. The van der Waals surface area contributed by atoms with Gasteiger partial charge in [-0.25, -0.2) is 0 Å². The standard InChI is InChI=1S/C11H26NO.ClH/c1-6-8-9-10-13-11(7-2)12(3,4)5;/h11H,6-10H2,1-5H3;1H/q+1;/p-1. The van der Waals surface area contributed by atoms with Gasteiger partial charge in [-0.05, 0) is 6.42 Å². The van der Waals surface area contributed by atoms with E-state index in [-0.39, 0.29) is 12.4 Å². The monoisotopic (exact) mass is 223 g/mol. The first-order valence-corrected chi connectivity index (χ1v) is 5.45. The van der Waals surface area contributed by atoms with E-state index in [1.807, 2.05) is 0 Å². The lowest BCUT2D eigenvalue weighted by Crippen LogP contribution is -3.00. The van der Waals surface area contributed by atoms with Gasteiger partial charge in [0.15, 0.2) is 6.23 Å². The van der Waals surface area contributed by atoms with Crippen LogP contribution in [-0.4, -0.2) is 38.5 Å². The van der Waals surface area contributed by atoms with Crippen molar-refractivity contribution in [2.45, 2.75) is 45.8 Å². The zero-order chi connectivity index (χ0) is 10.3. The highest BCUT2D eigenvalue weighted by atomic mass is 35.5. The van der Waals surface area contributed by atoms with Crippen molar-refractivity contribution in [2.75, 3.05) is 27.7 Å². The van der Waals surface area contributed by atoms with Crippen LogP contribution in [0.15, 0.2) is 0 Å². The molecule has 0 aliphatic heterocycles. The van der Waals surface area contributed by atoms with Crippen LogP contribution in [0.5, 0.6) is 0 Å². The molecule has 0 amide bonds. The van der Waals surface area contributed by atoms with Crippen molar-refractivity contribution in [3.63, 3.8) is 0 Å². The van der Waals surface area contributed by atoms with Gasteiger partial charge in [0.05, 0.1) is 27.7 Å². The highest BCUT2D eigenvalue weighted by molar-refractivity contribution is 4.42. The number of nitrogens with zero attached hydrogens (tertiary/aromatic N) is 1. The summed E-state index contributed by atoms with van der Waals surface area (Å²) in [5.74, 6) is 0. The van der Waals surface area contributed by atoms with E-state index in [0.29, 0.717) is 6.23 Å².